The maximum absolute atomic E-state index is 12.2. The largest absolute Gasteiger partial charge is 0.461 e. The van der Waals surface area contributed by atoms with Crippen LogP contribution in [-0.2, 0) is 29.0 Å². The van der Waals surface area contributed by atoms with Crippen molar-refractivity contribution in [2.45, 2.75) is 24.6 Å². The summed E-state index contributed by atoms with van der Waals surface area (Å²) in [4.78, 5) is 35.9. The van der Waals surface area contributed by atoms with Crippen LogP contribution in [0.15, 0.2) is 23.4 Å². The van der Waals surface area contributed by atoms with Crippen LogP contribution >= 0.6 is 11.6 Å². The molecule has 2 atom stereocenters. The van der Waals surface area contributed by atoms with Gasteiger partial charge in [0.2, 0.25) is 11.7 Å². The summed E-state index contributed by atoms with van der Waals surface area (Å²) in [6.45, 7) is 2.41. The molecular weight excluding hydrogens is 334 g/mol. The van der Waals surface area contributed by atoms with Gasteiger partial charge in [-0.3, -0.25) is 19.3 Å². The lowest BCUT2D eigenvalue weighted by atomic mass is 10.0. The summed E-state index contributed by atoms with van der Waals surface area (Å²) < 4.78 is 29.2. The highest BCUT2D eigenvalue weighted by atomic mass is 35.5. The molecule has 2 heterocycles. The van der Waals surface area contributed by atoms with Crippen molar-refractivity contribution in [2.24, 2.45) is 0 Å². The zero-order chi connectivity index (χ0) is 16.7. The third kappa shape index (κ3) is 2.68. The van der Waals surface area contributed by atoms with Crippen molar-refractivity contribution in [1.29, 1.82) is 0 Å². The van der Waals surface area contributed by atoms with Crippen LogP contribution in [0.4, 0.5) is 0 Å². The number of halogens is 1. The number of ketones is 1. The second-order valence-electron chi connectivity index (χ2n) is 4.90. The molecule has 2 rings (SSSR count). The Hall–Kier alpha value is -1.67. The summed E-state index contributed by atoms with van der Waals surface area (Å²) in [6, 6.07) is 0. The molecule has 7 nitrogen and oxygen atoms in total. The number of nitrogens with zero attached hydrogens (tertiary/aromatic N) is 1. The minimum absolute atomic E-state index is 0.0684. The number of rotatable bonds is 4. The van der Waals surface area contributed by atoms with E-state index in [0.717, 1.165) is 11.8 Å². The number of carbonyl (C=O) groups is 3. The van der Waals surface area contributed by atoms with Crippen molar-refractivity contribution in [3.8, 4) is 0 Å². The zero-order valence-electron chi connectivity index (χ0n) is 11.9. The molecule has 2 aliphatic rings. The second-order valence-corrected chi connectivity index (χ2v) is 7.47. The third-order valence-corrected chi connectivity index (χ3v) is 5.84. The smallest absolute Gasteiger partial charge is 0.302 e. The molecule has 0 unspecified atom stereocenters. The highest BCUT2D eigenvalue weighted by Gasteiger charge is 2.58. The Labute approximate surface area is 132 Å². The molecule has 0 bridgehead atoms. The van der Waals surface area contributed by atoms with Gasteiger partial charge in [0.15, 0.2) is 15.2 Å². The van der Waals surface area contributed by atoms with Crippen molar-refractivity contribution in [2.75, 3.05) is 12.4 Å². The zero-order valence-corrected chi connectivity index (χ0v) is 13.5. The molecule has 1 amide bonds. The lowest BCUT2D eigenvalue weighted by Crippen LogP contribution is -2.68. The van der Waals surface area contributed by atoms with Crippen LogP contribution in [0.5, 0.6) is 0 Å². The number of sulfone groups is 1. The number of hydrogen-bond donors (Lipinski definition) is 0. The fourth-order valence-corrected chi connectivity index (χ4v) is 4.97. The first kappa shape index (κ1) is 16.7. The summed E-state index contributed by atoms with van der Waals surface area (Å²) in [5.74, 6) is -2.27. The Morgan fingerprint density at radius 1 is 1.45 bits per heavy atom. The van der Waals surface area contributed by atoms with Crippen LogP contribution in [0.3, 0.4) is 0 Å². The SMILES string of the molecule is C/C=C/C(=O)C1=C(COC(C)=O)CS(=O)(=O)[C@H]2[C@@H](Cl)C(=O)N12. The fraction of sp³-hybridized carbons (Fsp3) is 0.462. The summed E-state index contributed by atoms with van der Waals surface area (Å²) in [7, 11) is -3.74. The molecule has 0 aliphatic carbocycles. The minimum Gasteiger partial charge on any atom is -0.461 e. The van der Waals surface area contributed by atoms with Crippen LogP contribution in [0, 0.1) is 0 Å². The molecule has 1 saturated heterocycles. The minimum atomic E-state index is -3.74. The molecule has 0 saturated carbocycles. The number of amides is 1. The van der Waals surface area contributed by atoms with E-state index < -0.39 is 44.0 Å². The van der Waals surface area contributed by atoms with Gasteiger partial charge in [0, 0.05) is 12.5 Å². The van der Waals surface area contributed by atoms with Gasteiger partial charge in [-0.25, -0.2) is 8.42 Å². The van der Waals surface area contributed by atoms with Crippen molar-refractivity contribution in [3.63, 3.8) is 0 Å². The van der Waals surface area contributed by atoms with Gasteiger partial charge in [-0.2, -0.15) is 0 Å². The van der Waals surface area contributed by atoms with Gasteiger partial charge in [-0.05, 0) is 13.0 Å². The predicted molar refractivity (Wildman–Crippen MR) is 77.5 cm³/mol. The van der Waals surface area contributed by atoms with E-state index in [2.05, 4.69) is 0 Å². The molecule has 2 aliphatic heterocycles. The average Bonchev–Trinajstić information content (AvgIpc) is 2.42. The van der Waals surface area contributed by atoms with Gasteiger partial charge in [0.05, 0.1) is 11.4 Å². The number of allylic oxidation sites excluding steroid dienone is 2. The Bertz CT molecular complexity index is 708. The fourth-order valence-electron chi connectivity index (χ4n) is 2.40. The number of alkyl halides is 1. The van der Waals surface area contributed by atoms with Crippen LogP contribution in [0.2, 0.25) is 0 Å². The van der Waals surface area contributed by atoms with E-state index in [-0.39, 0.29) is 17.9 Å². The van der Waals surface area contributed by atoms with Crippen LogP contribution in [0.1, 0.15) is 13.8 Å². The van der Waals surface area contributed by atoms with E-state index in [1.807, 2.05) is 0 Å². The molecule has 0 aromatic rings. The molecule has 120 valence electrons. The first-order valence-corrected chi connectivity index (χ1v) is 8.57. The van der Waals surface area contributed by atoms with E-state index in [1.165, 1.54) is 12.2 Å². The lowest BCUT2D eigenvalue weighted by molar-refractivity contribution is -0.141. The number of ether oxygens (including phenoxy) is 1. The van der Waals surface area contributed by atoms with Gasteiger partial charge in [-0.15, -0.1) is 11.6 Å². The Morgan fingerprint density at radius 2 is 2.09 bits per heavy atom. The second kappa shape index (κ2) is 5.85. The van der Waals surface area contributed by atoms with Crippen LogP contribution < -0.4 is 0 Å². The number of hydrogen-bond acceptors (Lipinski definition) is 6. The van der Waals surface area contributed by atoms with E-state index in [0.29, 0.717) is 0 Å². The Kier molecular flexibility index (Phi) is 4.44. The Balaban J connectivity index is 2.51. The number of esters is 1. The van der Waals surface area contributed by atoms with E-state index in [4.69, 9.17) is 16.3 Å². The molecule has 0 radical (unpaired) electrons. The number of fused-ring (bicyclic) bond motifs is 1. The van der Waals surface area contributed by atoms with Crippen molar-refractivity contribution in [3.05, 3.63) is 23.4 Å². The monoisotopic (exact) mass is 347 g/mol. The molecule has 9 heteroatoms. The molecule has 0 aromatic carbocycles. The van der Waals surface area contributed by atoms with E-state index in [9.17, 15) is 22.8 Å². The maximum atomic E-state index is 12.2. The van der Waals surface area contributed by atoms with Gasteiger partial charge in [0.1, 0.15) is 12.0 Å². The van der Waals surface area contributed by atoms with Crippen LogP contribution in [-0.4, -0.2) is 54.1 Å². The summed E-state index contributed by atoms with van der Waals surface area (Å²) in [5, 5.41) is -2.44. The highest BCUT2D eigenvalue weighted by molar-refractivity contribution is 7.92. The normalized spacial score (nSPS) is 26.7. The first-order chi connectivity index (χ1) is 10.2. The molecule has 0 N–H and O–H groups in total. The van der Waals surface area contributed by atoms with E-state index >= 15 is 0 Å². The molecule has 0 aromatic heterocycles. The van der Waals surface area contributed by atoms with Gasteiger partial charge in [-0.1, -0.05) is 6.08 Å². The molecule has 22 heavy (non-hydrogen) atoms. The van der Waals surface area contributed by atoms with Gasteiger partial charge >= 0.3 is 5.97 Å². The summed E-state index contributed by atoms with van der Waals surface area (Å²) >= 11 is 5.77. The predicted octanol–water partition coefficient (Wildman–Crippen LogP) is 0.153. The molecular formula is C13H14ClNO6S. The Morgan fingerprint density at radius 3 is 2.64 bits per heavy atom. The van der Waals surface area contributed by atoms with Gasteiger partial charge < -0.3 is 4.74 Å². The first-order valence-electron chi connectivity index (χ1n) is 6.41. The van der Waals surface area contributed by atoms with Crippen molar-refractivity contribution in [1.82, 2.24) is 4.90 Å². The quantitative estimate of drug-likeness (QED) is 0.311. The maximum Gasteiger partial charge on any atom is 0.302 e. The summed E-state index contributed by atoms with van der Waals surface area (Å²) in [6.07, 6.45) is 2.69. The average molecular weight is 348 g/mol. The summed E-state index contributed by atoms with van der Waals surface area (Å²) in [5.41, 5.74) is 0.00698. The number of carbonyl (C=O) groups excluding carboxylic acids is 3. The standard InChI is InChI=1S/C13H14ClNO6S/c1-3-4-9(17)11-8(5-21-7(2)16)6-22(19,20)13-10(14)12(18)15(11)13/h3-4,10,13H,5-6H2,1-2H3/b4-3+/t10-,13-/m0/s1. The van der Waals surface area contributed by atoms with Crippen molar-refractivity contribution < 1.29 is 27.5 Å². The molecule has 0 spiro atoms. The van der Waals surface area contributed by atoms with E-state index in [1.54, 1.807) is 6.92 Å². The number of β-lactam (4-membered cyclic amide) rings is 1. The lowest BCUT2D eigenvalue weighted by Gasteiger charge is -2.47. The topological polar surface area (TPSA) is 97.8 Å². The molecule has 1 fully saturated rings. The van der Waals surface area contributed by atoms with Crippen molar-refractivity contribution >= 4 is 39.1 Å². The third-order valence-electron chi connectivity index (χ3n) is 3.30. The highest BCUT2D eigenvalue weighted by Crippen LogP contribution is 2.39. The van der Waals surface area contributed by atoms with Crippen LogP contribution in [0.25, 0.3) is 0 Å². The van der Waals surface area contributed by atoms with Gasteiger partial charge in [0.25, 0.3) is 0 Å².